The molecule has 1 aromatic heterocycles. The average Bonchev–Trinajstić information content (AvgIpc) is 2.81. The molecule has 1 saturated carbocycles. The summed E-state index contributed by atoms with van der Waals surface area (Å²) in [4.78, 5) is 0. The predicted molar refractivity (Wildman–Crippen MR) is 76.1 cm³/mol. The van der Waals surface area contributed by atoms with Gasteiger partial charge in [-0.2, -0.15) is 0 Å². The van der Waals surface area contributed by atoms with Crippen molar-refractivity contribution in [3.8, 4) is 0 Å². The van der Waals surface area contributed by atoms with Crippen LogP contribution in [0.1, 0.15) is 70.7 Å². The Morgan fingerprint density at radius 1 is 1.16 bits per heavy atom. The molecule has 2 rings (SSSR count). The van der Waals surface area contributed by atoms with E-state index in [0.717, 1.165) is 6.54 Å². The van der Waals surface area contributed by atoms with Crippen molar-refractivity contribution < 1.29 is 4.42 Å². The highest BCUT2D eigenvalue weighted by Gasteiger charge is 2.16. The van der Waals surface area contributed by atoms with E-state index in [4.69, 9.17) is 4.42 Å². The maximum atomic E-state index is 5.68. The Bertz CT molecular complexity index is 358. The van der Waals surface area contributed by atoms with E-state index in [2.05, 4.69) is 27.8 Å². The maximum absolute atomic E-state index is 5.68. The van der Waals surface area contributed by atoms with Gasteiger partial charge in [0.25, 0.3) is 0 Å². The molecular weight excluding hydrogens is 240 g/mol. The van der Waals surface area contributed by atoms with Crippen LogP contribution in [0.15, 0.2) is 4.42 Å². The van der Waals surface area contributed by atoms with Gasteiger partial charge < -0.3 is 15.1 Å². The molecule has 0 amide bonds. The second-order valence-electron chi connectivity index (χ2n) is 5.41. The molecule has 19 heavy (non-hydrogen) atoms. The van der Waals surface area contributed by atoms with Crippen LogP contribution in [0.3, 0.4) is 0 Å². The molecule has 1 unspecified atom stereocenters. The van der Waals surface area contributed by atoms with Crippen LogP contribution in [0.4, 0.5) is 6.01 Å². The number of hydrogen-bond donors (Lipinski definition) is 2. The summed E-state index contributed by atoms with van der Waals surface area (Å²) >= 11 is 0. The minimum Gasteiger partial charge on any atom is -0.406 e. The van der Waals surface area contributed by atoms with Crippen LogP contribution in [0, 0.1) is 0 Å². The van der Waals surface area contributed by atoms with E-state index in [9.17, 15) is 0 Å². The molecule has 1 heterocycles. The number of rotatable bonds is 5. The van der Waals surface area contributed by atoms with Crippen LogP contribution in [0.2, 0.25) is 0 Å². The molecule has 1 fully saturated rings. The second-order valence-corrected chi connectivity index (χ2v) is 5.41. The molecule has 1 aliphatic rings. The Morgan fingerprint density at radius 2 is 1.84 bits per heavy atom. The van der Waals surface area contributed by atoms with Crippen LogP contribution in [-0.4, -0.2) is 22.8 Å². The third-order valence-electron chi connectivity index (χ3n) is 3.75. The van der Waals surface area contributed by atoms with Gasteiger partial charge in [-0.15, -0.1) is 5.10 Å². The molecule has 1 atom stereocenters. The zero-order valence-electron chi connectivity index (χ0n) is 12.1. The lowest BCUT2D eigenvalue weighted by Gasteiger charge is -2.19. The van der Waals surface area contributed by atoms with Crippen LogP contribution < -0.4 is 10.6 Å². The highest BCUT2D eigenvalue weighted by atomic mass is 16.4. The van der Waals surface area contributed by atoms with Crippen molar-refractivity contribution >= 4 is 6.01 Å². The molecular formula is C14H26N4O. The van der Waals surface area contributed by atoms with E-state index in [1.54, 1.807) is 0 Å². The smallest absolute Gasteiger partial charge is 0.315 e. The first-order valence-corrected chi connectivity index (χ1v) is 7.63. The maximum Gasteiger partial charge on any atom is 0.315 e. The van der Waals surface area contributed by atoms with E-state index >= 15 is 0 Å². The predicted octanol–water partition coefficient (Wildman–Crippen LogP) is 3.26. The van der Waals surface area contributed by atoms with Gasteiger partial charge in [0.05, 0.1) is 6.04 Å². The van der Waals surface area contributed by atoms with Crippen LogP contribution >= 0.6 is 0 Å². The van der Waals surface area contributed by atoms with Gasteiger partial charge in [-0.3, -0.25) is 0 Å². The van der Waals surface area contributed by atoms with Gasteiger partial charge in [0.15, 0.2) is 0 Å². The summed E-state index contributed by atoms with van der Waals surface area (Å²) in [5, 5.41) is 14.9. The molecule has 0 bridgehead atoms. The van der Waals surface area contributed by atoms with E-state index < -0.39 is 0 Å². The molecule has 0 radical (unpaired) electrons. The van der Waals surface area contributed by atoms with E-state index in [0.29, 0.717) is 17.9 Å². The van der Waals surface area contributed by atoms with Crippen molar-refractivity contribution in [3.05, 3.63) is 5.89 Å². The van der Waals surface area contributed by atoms with Gasteiger partial charge in [0.2, 0.25) is 5.89 Å². The minimum absolute atomic E-state index is 0.116. The van der Waals surface area contributed by atoms with Crippen LogP contribution in [0.5, 0.6) is 0 Å². The first-order valence-electron chi connectivity index (χ1n) is 7.63. The minimum atomic E-state index is 0.116. The normalized spacial score (nSPS) is 19.7. The average molecular weight is 266 g/mol. The summed E-state index contributed by atoms with van der Waals surface area (Å²) < 4.78 is 5.68. The van der Waals surface area contributed by atoms with E-state index in [1.165, 1.54) is 44.9 Å². The fourth-order valence-corrected chi connectivity index (χ4v) is 2.64. The molecule has 0 aliphatic heterocycles. The number of anilines is 1. The molecule has 108 valence electrons. The molecule has 0 aromatic carbocycles. The zero-order chi connectivity index (χ0) is 13.5. The molecule has 1 aromatic rings. The lowest BCUT2D eigenvalue weighted by Crippen LogP contribution is -2.20. The third-order valence-corrected chi connectivity index (χ3v) is 3.75. The summed E-state index contributed by atoms with van der Waals surface area (Å²) in [5.74, 6) is 0.662. The molecule has 0 spiro atoms. The Balaban J connectivity index is 1.87. The Morgan fingerprint density at radius 3 is 2.53 bits per heavy atom. The Labute approximate surface area is 115 Å². The summed E-state index contributed by atoms with van der Waals surface area (Å²) in [7, 11) is 0. The molecule has 5 nitrogen and oxygen atoms in total. The zero-order valence-corrected chi connectivity index (χ0v) is 12.1. The van der Waals surface area contributed by atoms with Crippen LogP contribution in [-0.2, 0) is 0 Å². The van der Waals surface area contributed by atoms with Crippen molar-refractivity contribution in [2.45, 2.75) is 70.9 Å². The molecule has 0 saturated heterocycles. The quantitative estimate of drug-likeness (QED) is 0.856. The van der Waals surface area contributed by atoms with Crippen molar-refractivity contribution in [1.82, 2.24) is 15.5 Å². The van der Waals surface area contributed by atoms with Gasteiger partial charge in [-0.25, -0.2) is 0 Å². The largest absolute Gasteiger partial charge is 0.406 e. The van der Waals surface area contributed by atoms with Gasteiger partial charge >= 0.3 is 6.01 Å². The summed E-state index contributed by atoms with van der Waals surface area (Å²) in [6.07, 6.45) is 9.10. The monoisotopic (exact) mass is 266 g/mol. The fourth-order valence-electron chi connectivity index (χ4n) is 2.64. The summed E-state index contributed by atoms with van der Waals surface area (Å²) in [6.45, 7) is 5.01. The Kier molecular flexibility index (Phi) is 5.63. The van der Waals surface area contributed by atoms with Crippen LogP contribution in [0.25, 0.3) is 0 Å². The number of hydrogen-bond acceptors (Lipinski definition) is 5. The van der Waals surface area contributed by atoms with E-state index in [-0.39, 0.29) is 6.04 Å². The van der Waals surface area contributed by atoms with Crippen molar-refractivity contribution in [3.63, 3.8) is 0 Å². The van der Waals surface area contributed by atoms with Gasteiger partial charge in [0, 0.05) is 6.04 Å². The highest BCUT2D eigenvalue weighted by molar-refractivity contribution is 5.19. The van der Waals surface area contributed by atoms with Crippen molar-refractivity contribution in [2.75, 3.05) is 11.9 Å². The standard InChI is InChI=1S/C14H26N4O/c1-3-15-11(2)13-17-18-14(19-13)16-12-9-7-5-4-6-8-10-12/h11-12,15H,3-10H2,1-2H3,(H,16,18). The van der Waals surface area contributed by atoms with Gasteiger partial charge in [0.1, 0.15) is 0 Å². The SMILES string of the molecule is CCNC(C)c1nnc(NC2CCCCCCC2)o1. The lowest BCUT2D eigenvalue weighted by atomic mass is 9.97. The first-order chi connectivity index (χ1) is 9.29. The Hall–Kier alpha value is -1.10. The third kappa shape index (κ3) is 4.49. The van der Waals surface area contributed by atoms with Gasteiger partial charge in [-0.1, -0.05) is 44.1 Å². The topological polar surface area (TPSA) is 63.0 Å². The number of nitrogens with zero attached hydrogens (tertiary/aromatic N) is 2. The lowest BCUT2D eigenvalue weighted by molar-refractivity contribution is 0.417. The summed E-state index contributed by atoms with van der Waals surface area (Å²) in [5.41, 5.74) is 0. The second kappa shape index (κ2) is 7.48. The molecule has 5 heteroatoms. The fraction of sp³-hybridized carbons (Fsp3) is 0.857. The van der Waals surface area contributed by atoms with Crippen molar-refractivity contribution in [1.29, 1.82) is 0 Å². The highest BCUT2D eigenvalue weighted by Crippen LogP contribution is 2.21. The van der Waals surface area contributed by atoms with E-state index in [1.807, 2.05) is 6.92 Å². The summed E-state index contributed by atoms with van der Waals surface area (Å²) in [6, 6.07) is 1.18. The molecule has 2 N–H and O–H groups in total. The first kappa shape index (κ1) is 14.3. The number of nitrogens with one attached hydrogen (secondary N) is 2. The molecule has 1 aliphatic carbocycles. The van der Waals surface area contributed by atoms with Gasteiger partial charge in [-0.05, 0) is 26.3 Å². The number of aromatic nitrogens is 2. The van der Waals surface area contributed by atoms with Crippen molar-refractivity contribution in [2.24, 2.45) is 0 Å².